The van der Waals surface area contributed by atoms with Crippen LogP contribution in [-0.4, -0.2) is 52.9 Å². The third-order valence-corrected chi connectivity index (χ3v) is 6.00. The molecule has 32 heavy (non-hydrogen) atoms. The highest BCUT2D eigenvalue weighted by Gasteiger charge is 2.23. The zero-order valence-electron chi connectivity index (χ0n) is 17.4. The molecule has 1 fully saturated rings. The lowest BCUT2D eigenvalue weighted by atomic mass is 10.2. The highest BCUT2D eigenvalue weighted by atomic mass is 35.5. The molecule has 1 aliphatic heterocycles. The van der Waals surface area contributed by atoms with E-state index >= 15 is 0 Å². The molecule has 1 saturated heterocycles. The Bertz CT molecular complexity index is 1060. The molecular formula is C23H23ClN4O3S. The standard InChI is InChI=1S/C23H23ClN4O3S/c24-18-5-7-19(8-6-18)26-23(30)28-10-2-9-27(11-12-28)22(29)17-3-1-4-21(13-17)31-14-20-15-32-16-25-20/h1,3-8,13,15-16H,2,9-12,14H2,(H,26,30). The number of rotatable bonds is 5. The number of nitrogens with one attached hydrogen (secondary N) is 1. The van der Waals surface area contributed by atoms with E-state index < -0.39 is 0 Å². The number of amides is 3. The van der Waals surface area contributed by atoms with Gasteiger partial charge in [-0.05, 0) is 48.9 Å². The van der Waals surface area contributed by atoms with Gasteiger partial charge < -0.3 is 19.9 Å². The maximum atomic E-state index is 13.1. The van der Waals surface area contributed by atoms with Crippen molar-refractivity contribution in [3.63, 3.8) is 0 Å². The number of carbonyl (C=O) groups excluding carboxylic acids is 2. The van der Waals surface area contributed by atoms with Crippen molar-refractivity contribution in [2.45, 2.75) is 13.0 Å². The summed E-state index contributed by atoms with van der Waals surface area (Å²) in [5, 5.41) is 5.43. The number of halogens is 1. The highest BCUT2D eigenvalue weighted by Crippen LogP contribution is 2.18. The Morgan fingerprint density at radius 2 is 1.84 bits per heavy atom. The van der Waals surface area contributed by atoms with Gasteiger partial charge in [0, 0.05) is 47.8 Å². The Hall–Kier alpha value is -3.10. The van der Waals surface area contributed by atoms with Gasteiger partial charge in [-0.25, -0.2) is 9.78 Å². The molecule has 0 atom stereocenters. The number of aromatic nitrogens is 1. The number of urea groups is 1. The van der Waals surface area contributed by atoms with Crippen molar-refractivity contribution in [1.82, 2.24) is 14.8 Å². The van der Waals surface area contributed by atoms with Crippen LogP contribution in [0.5, 0.6) is 5.75 Å². The Morgan fingerprint density at radius 3 is 2.62 bits per heavy atom. The molecule has 7 nitrogen and oxygen atoms in total. The fourth-order valence-electron chi connectivity index (χ4n) is 3.43. The SMILES string of the molecule is O=C(Nc1ccc(Cl)cc1)N1CCCN(C(=O)c2cccc(OCc3cscn3)c2)CC1. The molecule has 0 spiro atoms. The minimum atomic E-state index is -0.181. The van der Waals surface area contributed by atoms with Gasteiger partial charge in [-0.3, -0.25) is 4.79 Å². The summed E-state index contributed by atoms with van der Waals surface area (Å²) in [4.78, 5) is 33.4. The first-order valence-electron chi connectivity index (χ1n) is 10.3. The molecule has 2 heterocycles. The molecular weight excluding hydrogens is 448 g/mol. The van der Waals surface area contributed by atoms with Gasteiger partial charge in [-0.15, -0.1) is 11.3 Å². The maximum Gasteiger partial charge on any atom is 0.321 e. The van der Waals surface area contributed by atoms with Crippen LogP contribution in [0.1, 0.15) is 22.5 Å². The van der Waals surface area contributed by atoms with Crippen molar-refractivity contribution < 1.29 is 14.3 Å². The van der Waals surface area contributed by atoms with Crippen molar-refractivity contribution in [3.05, 3.63) is 75.7 Å². The largest absolute Gasteiger partial charge is 0.487 e. The topological polar surface area (TPSA) is 74.8 Å². The summed E-state index contributed by atoms with van der Waals surface area (Å²) in [5.41, 5.74) is 3.87. The van der Waals surface area contributed by atoms with E-state index in [0.717, 1.165) is 5.69 Å². The van der Waals surface area contributed by atoms with Crippen molar-refractivity contribution in [1.29, 1.82) is 0 Å². The van der Waals surface area contributed by atoms with Crippen molar-refractivity contribution in [2.24, 2.45) is 0 Å². The fraction of sp³-hybridized carbons (Fsp3) is 0.261. The van der Waals surface area contributed by atoms with Crippen LogP contribution < -0.4 is 10.1 Å². The third-order valence-electron chi connectivity index (χ3n) is 5.12. The van der Waals surface area contributed by atoms with E-state index in [1.807, 2.05) is 17.5 Å². The van der Waals surface area contributed by atoms with Crippen molar-refractivity contribution in [2.75, 3.05) is 31.5 Å². The smallest absolute Gasteiger partial charge is 0.321 e. The molecule has 1 N–H and O–H groups in total. The maximum absolute atomic E-state index is 13.1. The number of anilines is 1. The predicted octanol–water partition coefficient (Wildman–Crippen LogP) is 4.76. The fourth-order valence-corrected chi connectivity index (χ4v) is 4.10. The van der Waals surface area contributed by atoms with Gasteiger partial charge in [-0.2, -0.15) is 0 Å². The summed E-state index contributed by atoms with van der Waals surface area (Å²) in [7, 11) is 0. The van der Waals surface area contributed by atoms with Crippen LogP contribution >= 0.6 is 22.9 Å². The summed E-state index contributed by atoms with van der Waals surface area (Å²) in [6.45, 7) is 2.47. The van der Waals surface area contributed by atoms with Crippen LogP contribution in [-0.2, 0) is 6.61 Å². The number of nitrogens with zero attached hydrogens (tertiary/aromatic N) is 3. The van der Waals surface area contributed by atoms with Crippen LogP contribution in [0.4, 0.5) is 10.5 Å². The first kappa shape index (κ1) is 22.1. The zero-order chi connectivity index (χ0) is 22.3. The third kappa shape index (κ3) is 5.77. The number of carbonyl (C=O) groups is 2. The van der Waals surface area contributed by atoms with Crippen LogP contribution in [0, 0.1) is 0 Å². The average Bonchev–Trinajstić information content (AvgIpc) is 3.21. The summed E-state index contributed by atoms with van der Waals surface area (Å²) < 4.78 is 5.77. The molecule has 1 aromatic heterocycles. The molecule has 0 radical (unpaired) electrons. The van der Waals surface area contributed by atoms with Gasteiger partial charge in [0.1, 0.15) is 12.4 Å². The zero-order valence-corrected chi connectivity index (χ0v) is 18.9. The van der Waals surface area contributed by atoms with Gasteiger partial charge in [0.15, 0.2) is 0 Å². The first-order valence-corrected chi connectivity index (χ1v) is 11.6. The van der Waals surface area contributed by atoms with E-state index in [9.17, 15) is 9.59 Å². The van der Waals surface area contributed by atoms with Crippen LogP contribution in [0.2, 0.25) is 5.02 Å². The van der Waals surface area contributed by atoms with E-state index in [1.165, 1.54) is 11.3 Å². The molecule has 0 bridgehead atoms. The van der Waals surface area contributed by atoms with Crippen LogP contribution in [0.3, 0.4) is 0 Å². The molecule has 1 aliphatic rings. The molecule has 3 aromatic rings. The normalized spacial score (nSPS) is 14.0. The monoisotopic (exact) mass is 470 g/mol. The van der Waals surface area contributed by atoms with E-state index in [4.69, 9.17) is 16.3 Å². The molecule has 0 aliphatic carbocycles. The highest BCUT2D eigenvalue weighted by molar-refractivity contribution is 7.07. The molecule has 0 saturated carbocycles. The predicted molar refractivity (Wildman–Crippen MR) is 125 cm³/mol. The van der Waals surface area contributed by atoms with E-state index in [-0.39, 0.29) is 11.9 Å². The lowest BCUT2D eigenvalue weighted by Crippen LogP contribution is -2.39. The van der Waals surface area contributed by atoms with Gasteiger partial charge in [0.2, 0.25) is 0 Å². The minimum absolute atomic E-state index is 0.0657. The minimum Gasteiger partial charge on any atom is -0.487 e. The van der Waals surface area contributed by atoms with Gasteiger partial charge in [-0.1, -0.05) is 17.7 Å². The van der Waals surface area contributed by atoms with E-state index in [2.05, 4.69) is 10.3 Å². The lowest BCUT2D eigenvalue weighted by molar-refractivity contribution is 0.0762. The van der Waals surface area contributed by atoms with E-state index in [0.29, 0.717) is 61.2 Å². The molecule has 3 amide bonds. The van der Waals surface area contributed by atoms with Crippen molar-refractivity contribution in [3.8, 4) is 5.75 Å². The number of hydrogen-bond donors (Lipinski definition) is 1. The Balaban J connectivity index is 1.33. The Kier molecular flexibility index (Phi) is 7.24. The van der Waals surface area contributed by atoms with Crippen LogP contribution in [0.15, 0.2) is 59.4 Å². The second kappa shape index (κ2) is 10.5. The molecule has 166 valence electrons. The Labute approximate surface area is 195 Å². The number of benzene rings is 2. The quantitative estimate of drug-likeness (QED) is 0.583. The van der Waals surface area contributed by atoms with Gasteiger partial charge >= 0.3 is 6.03 Å². The second-order valence-corrected chi connectivity index (χ2v) is 8.52. The van der Waals surface area contributed by atoms with Gasteiger partial charge in [0.25, 0.3) is 5.91 Å². The lowest BCUT2D eigenvalue weighted by Gasteiger charge is -2.22. The summed E-state index contributed by atoms with van der Waals surface area (Å²) in [6, 6.07) is 14.0. The number of thiazole rings is 1. The van der Waals surface area contributed by atoms with Crippen LogP contribution in [0.25, 0.3) is 0 Å². The average molecular weight is 471 g/mol. The molecule has 9 heteroatoms. The second-order valence-electron chi connectivity index (χ2n) is 7.37. The molecule has 0 unspecified atom stereocenters. The summed E-state index contributed by atoms with van der Waals surface area (Å²) >= 11 is 7.41. The molecule has 2 aromatic carbocycles. The Morgan fingerprint density at radius 1 is 1.06 bits per heavy atom. The molecule has 4 rings (SSSR count). The van der Waals surface area contributed by atoms with Gasteiger partial charge in [0.05, 0.1) is 11.2 Å². The van der Waals surface area contributed by atoms with Crippen molar-refractivity contribution >= 4 is 40.6 Å². The summed E-state index contributed by atoms with van der Waals surface area (Å²) in [5.74, 6) is 0.562. The first-order chi connectivity index (χ1) is 15.6. The number of hydrogen-bond acceptors (Lipinski definition) is 5. The summed E-state index contributed by atoms with van der Waals surface area (Å²) in [6.07, 6.45) is 0.708. The number of ether oxygens (including phenoxy) is 1. The van der Waals surface area contributed by atoms with E-state index in [1.54, 1.807) is 51.7 Å².